The largest absolute Gasteiger partial charge is 0.452 e. The Hall–Kier alpha value is -3.86. The fraction of sp³-hybridized carbons (Fsp3) is 0.261. The third-order valence-corrected chi connectivity index (χ3v) is 4.97. The number of benzene rings is 2. The number of ether oxygens (including phenoxy) is 2. The van der Waals surface area contributed by atoms with Crippen molar-refractivity contribution >= 4 is 40.4 Å². The van der Waals surface area contributed by atoms with Crippen molar-refractivity contribution in [3.05, 3.63) is 60.0 Å². The number of carbonyl (C=O) groups is 2. The summed E-state index contributed by atoms with van der Waals surface area (Å²) in [6.45, 7) is 1.07. The molecule has 1 aliphatic heterocycles. The summed E-state index contributed by atoms with van der Waals surface area (Å²) in [5, 5.41) is 2.41. The lowest BCUT2D eigenvalue weighted by atomic mass is 10.1. The number of carbonyl (C=O) groups excluding carboxylic acids is 2. The van der Waals surface area contributed by atoms with Gasteiger partial charge in [-0.25, -0.2) is 9.78 Å². The number of aromatic nitrogens is 1. The number of hydrogen-bond donors (Lipinski definition) is 1. The lowest BCUT2D eigenvalue weighted by Crippen LogP contribution is -2.37. The average molecular weight is 475 g/mol. The van der Waals surface area contributed by atoms with Crippen LogP contribution >= 0.6 is 0 Å². The van der Waals surface area contributed by atoms with E-state index in [1.165, 1.54) is 12.1 Å². The predicted molar refractivity (Wildman–Crippen MR) is 117 cm³/mol. The molecule has 1 fully saturated rings. The van der Waals surface area contributed by atoms with Crippen molar-refractivity contribution in [2.45, 2.75) is 6.18 Å². The van der Waals surface area contributed by atoms with Gasteiger partial charge in [0.15, 0.2) is 12.2 Å². The molecule has 0 spiro atoms. The standard InChI is InChI=1S/C23H20F3N3O5/c24-23(25,26)15-5-6-18(29-9-11-32-12-10-29)17(13-15)27-20(30)14-33-22(31)8-7-21-28-16-3-1-2-4-19(16)34-21/h1-8,13H,9-12,14H2,(H,27,30)/b8-7+. The zero-order valence-corrected chi connectivity index (χ0v) is 17.8. The van der Waals surface area contributed by atoms with E-state index in [9.17, 15) is 22.8 Å². The van der Waals surface area contributed by atoms with E-state index in [4.69, 9.17) is 13.9 Å². The topological polar surface area (TPSA) is 93.9 Å². The molecule has 11 heteroatoms. The number of halogens is 3. The third-order valence-electron chi connectivity index (χ3n) is 4.97. The van der Waals surface area contributed by atoms with Gasteiger partial charge in [0.05, 0.1) is 30.2 Å². The van der Waals surface area contributed by atoms with E-state index in [0.717, 1.165) is 18.2 Å². The maximum absolute atomic E-state index is 13.2. The molecular weight excluding hydrogens is 455 g/mol. The van der Waals surface area contributed by atoms with Crippen LogP contribution < -0.4 is 10.2 Å². The number of rotatable bonds is 6. The molecule has 2 aromatic carbocycles. The molecule has 1 saturated heterocycles. The van der Waals surface area contributed by atoms with Gasteiger partial charge in [0, 0.05) is 25.2 Å². The highest BCUT2D eigenvalue weighted by Gasteiger charge is 2.32. The number of hydrogen-bond acceptors (Lipinski definition) is 7. The number of fused-ring (bicyclic) bond motifs is 1. The van der Waals surface area contributed by atoms with Gasteiger partial charge >= 0.3 is 12.1 Å². The van der Waals surface area contributed by atoms with E-state index >= 15 is 0 Å². The SMILES string of the molecule is O=C(COC(=O)/C=C/c1nc2ccccc2o1)Nc1cc(C(F)(F)F)ccc1N1CCOCC1. The molecule has 8 nitrogen and oxygen atoms in total. The van der Waals surface area contributed by atoms with E-state index in [2.05, 4.69) is 10.3 Å². The molecule has 1 aliphatic rings. The van der Waals surface area contributed by atoms with E-state index < -0.39 is 30.2 Å². The molecule has 1 aromatic heterocycles. The van der Waals surface area contributed by atoms with Gasteiger partial charge in [0.1, 0.15) is 5.52 Å². The maximum atomic E-state index is 13.2. The van der Waals surface area contributed by atoms with Crippen LogP contribution in [0.1, 0.15) is 11.5 Å². The van der Waals surface area contributed by atoms with Crippen LogP contribution in [0.3, 0.4) is 0 Å². The molecule has 1 N–H and O–H groups in total. The highest BCUT2D eigenvalue weighted by Crippen LogP contribution is 2.35. The molecule has 0 aliphatic carbocycles. The second kappa shape index (κ2) is 9.96. The van der Waals surface area contributed by atoms with Gasteiger partial charge in [-0.1, -0.05) is 12.1 Å². The predicted octanol–water partition coefficient (Wildman–Crippen LogP) is 3.88. The minimum atomic E-state index is -4.58. The van der Waals surface area contributed by atoms with Crippen molar-refractivity contribution in [3.63, 3.8) is 0 Å². The van der Waals surface area contributed by atoms with Crippen molar-refractivity contribution in [2.24, 2.45) is 0 Å². The summed E-state index contributed by atoms with van der Waals surface area (Å²) in [6.07, 6.45) is -2.24. The summed E-state index contributed by atoms with van der Waals surface area (Å²) in [4.78, 5) is 30.3. The van der Waals surface area contributed by atoms with Gasteiger partial charge in [0.2, 0.25) is 5.89 Å². The molecule has 34 heavy (non-hydrogen) atoms. The van der Waals surface area contributed by atoms with E-state index in [1.54, 1.807) is 24.3 Å². The van der Waals surface area contributed by atoms with Gasteiger partial charge in [0.25, 0.3) is 5.91 Å². The van der Waals surface area contributed by atoms with Gasteiger partial charge in [-0.3, -0.25) is 4.79 Å². The van der Waals surface area contributed by atoms with Crippen LogP contribution in [-0.2, 0) is 25.2 Å². The molecule has 0 atom stereocenters. The van der Waals surface area contributed by atoms with E-state index in [1.807, 2.05) is 4.90 Å². The fourth-order valence-electron chi connectivity index (χ4n) is 3.36. The summed E-state index contributed by atoms with van der Waals surface area (Å²) in [5.74, 6) is -1.44. The lowest BCUT2D eigenvalue weighted by Gasteiger charge is -2.31. The summed E-state index contributed by atoms with van der Waals surface area (Å²) < 4.78 is 55.2. The third kappa shape index (κ3) is 5.73. The van der Waals surface area contributed by atoms with Crippen molar-refractivity contribution in [1.82, 2.24) is 4.98 Å². The number of amides is 1. The van der Waals surface area contributed by atoms with Crippen LogP contribution in [0.2, 0.25) is 0 Å². The Labute approximate surface area is 191 Å². The number of alkyl halides is 3. The van der Waals surface area contributed by atoms with Crippen LogP contribution in [0.5, 0.6) is 0 Å². The highest BCUT2D eigenvalue weighted by atomic mass is 19.4. The molecule has 178 valence electrons. The Kier molecular flexibility index (Phi) is 6.82. The number of nitrogens with one attached hydrogen (secondary N) is 1. The first-order chi connectivity index (χ1) is 16.3. The van der Waals surface area contributed by atoms with Crippen LogP contribution in [-0.4, -0.2) is 49.8 Å². The number of esters is 1. The Morgan fingerprint density at radius 3 is 2.65 bits per heavy atom. The molecule has 0 saturated carbocycles. The van der Waals surface area contributed by atoms with Crippen LogP contribution in [0, 0.1) is 0 Å². The Morgan fingerprint density at radius 1 is 1.15 bits per heavy atom. The highest BCUT2D eigenvalue weighted by molar-refractivity contribution is 5.97. The normalized spacial score (nSPS) is 14.5. The van der Waals surface area contributed by atoms with Gasteiger partial charge in [-0.2, -0.15) is 13.2 Å². The minimum Gasteiger partial charge on any atom is -0.452 e. The number of para-hydroxylation sites is 2. The molecule has 0 bridgehead atoms. The van der Waals surface area contributed by atoms with E-state index in [-0.39, 0.29) is 11.6 Å². The molecule has 1 amide bonds. The molecule has 4 rings (SSSR count). The average Bonchev–Trinajstić information content (AvgIpc) is 3.24. The van der Waals surface area contributed by atoms with Crippen LogP contribution in [0.25, 0.3) is 17.2 Å². The molecule has 0 unspecified atom stereocenters. The molecular formula is C23H20F3N3O5. The summed E-state index contributed by atoms with van der Waals surface area (Å²) >= 11 is 0. The number of oxazole rings is 1. The Balaban J connectivity index is 1.39. The summed E-state index contributed by atoms with van der Waals surface area (Å²) in [6, 6.07) is 10.2. The summed E-state index contributed by atoms with van der Waals surface area (Å²) in [5.41, 5.74) is 0.656. The first kappa shape index (κ1) is 23.3. The van der Waals surface area contributed by atoms with Crippen molar-refractivity contribution < 1.29 is 36.7 Å². The number of morpholine rings is 1. The van der Waals surface area contributed by atoms with E-state index in [0.29, 0.717) is 43.1 Å². The molecule has 2 heterocycles. The number of nitrogens with zero attached hydrogens (tertiary/aromatic N) is 2. The van der Waals surface area contributed by atoms with Crippen molar-refractivity contribution in [3.8, 4) is 0 Å². The van der Waals surface area contributed by atoms with Crippen LogP contribution in [0.4, 0.5) is 24.5 Å². The Bertz CT molecular complexity index is 1180. The van der Waals surface area contributed by atoms with Gasteiger partial charge in [-0.15, -0.1) is 0 Å². The minimum absolute atomic E-state index is 0.0280. The second-order valence-electron chi connectivity index (χ2n) is 7.34. The monoisotopic (exact) mass is 475 g/mol. The zero-order valence-electron chi connectivity index (χ0n) is 17.8. The molecule has 0 radical (unpaired) electrons. The summed E-state index contributed by atoms with van der Waals surface area (Å²) in [7, 11) is 0. The first-order valence-corrected chi connectivity index (χ1v) is 10.3. The van der Waals surface area contributed by atoms with Crippen LogP contribution in [0.15, 0.2) is 53.0 Å². The second-order valence-corrected chi connectivity index (χ2v) is 7.34. The van der Waals surface area contributed by atoms with Crippen molar-refractivity contribution in [1.29, 1.82) is 0 Å². The number of anilines is 2. The Morgan fingerprint density at radius 2 is 1.91 bits per heavy atom. The lowest BCUT2D eigenvalue weighted by molar-refractivity contribution is -0.142. The van der Waals surface area contributed by atoms with Crippen molar-refractivity contribution in [2.75, 3.05) is 43.1 Å². The molecule has 3 aromatic rings. The fourth-order valence-corrected chi connectivity index (χ4v) is 3.36. The quantitative estimate of drug-likeness (QED) is 0.427. The van der Waals surface area contributed by atoms with Gasteiger partial charge < -0.3 is 24.1 Å². The smallest absolute Gasteiger partial charge is 0.416 e. The first-order valence-electron chi connectivity index (χ1n) is 10.3. The maximum Gasteiger partial charge on any atom is 0.416 e. The van der Waals surface area contributed by atoms with Gasteiger partial charge in [-0.05, 0) is 30.3 Å². The zero-order chi connectivity index (χ0) is 24.1.